The molecule has 0 aliphatic heterocycles. The van der Waals surface area contributed by atoms with Crippen LogP contribution in [0.15, 0.2) is 28.9 Å². The Morgan fingerprint density at radius 1 is 1.35 bits per heavy atom. The molecule has 0 spiro atoms. The Labute approximate surface area is 122 Å². The summed E-state index contributed by atoms with van der Waals surface area (Å²) in [5.41, 5.74) is 1.50. The molecule has 0 fully saturated rings. The molecule has 5 nitrogen and oxygen atoms in total. The van der Waals surface area contributed by atoms with E-state index in [9.17, 15) is 4.39 Å². The van der Waals surface area contributed by atoms with Gasteiger partial charge in [0, 0.05) is 12.1 Å². The third-order valence-electron chi connectivity index (χ3n) is 2.85. The average molecular weight is 336 g/mol. The lowest BCUT2D eigenvalue weighted by molar-refractivity contribution is 0.624. The highest BCUT2D eigenvalue weighted by Gasteiger charge is 2.15. The first-order valence-electron chi connectivity index (χ1n) is 6.10. The van der Waals surface area contributed by atoms with Crippen LogP contribution in [0.5, 0.6) is 0 Å². The molecule has 3 rings (SSSR count). The van der Waals surface area contributed by atoms with Gasteiger partial charge >= 0.3 is 0 Å². The monoisotopic (exact) mass is 335 g/mol. The van der Waals surface area contributed by atoms with Crippen molar-refractivity contribution < 1.29 is 4.39 Å². The third-order valence-corrected chi connectivity index (χ3v) is 3.46. The lowest BCUT2D eigenvalue weighted by Gasteiger charge is -2.08. The molecule has 0 saturated carbocycles. The van der Waals surface area contributed by atoms with E-state index in [1.165, 1.54) is 0 Å². The highest BCUT2D eigenvalue weighted by molar-refractivity contribution is 9.10. The van der Waals surface area contributed by atoms with Crippen LogP contribution >= 0.6 is 15.9 Å². The molecule has 102 valence electrons. The molecule has 0 amide bonds. The number of benzene rings is 1. The van der Waals surface area contributed by atoms with Gasteiger partial charge in [-0.05, 0) is 35.0 Å². The van der Waals surface area contributed by atoms with Crippen LogP contribution in [0, 0.1) is 5.82 Å². The van der Waals surface area contributed by atoms with Crippen molar-refractivity contribution in [2.45, 2.75) is 6.92 Å². The highest BCUT2D eigenvalue weighted by Crippen LogP contribution is 2.31. The van der Waals surface area contributed by atoms with Crippen molar-refractivity contribution in [1.82, 2.24) is 20.2 Å². The van der Waals surface area contributed by atoms with Crippen molar-refractivity contribution in [3.05, 3.63) is 34.7 Å². The molecule has 0 atom stereocenters. The van der Waals surface area contributed by atoms with Crippen molar-refractivity contribution in [3.8, 4) is 11.3 Å². The molecule has 1 aromatic carbocycles. The van der Waals surface area contributed by atoms with Gasteiger partial charge in [0.2, 0.25) is 5.95 Å². The molecule has 3 aromatic rings. The van der Waals surface area contributed by atoms with Crippen molar-refractivity contribution in [3.63, 3.8) is 0 Å². The quantitative estimate of drug-likeness (QED) is 0.770. The minimum Gasteiger partial charge on any atom is -0.354 e. The van der Waals surface area contributed by atoms with Crippen LogP contribution < -0.4 is 5.32 Å². The first kappa shape index (κ1) is 13.0. The highest BCUT2D eigenvalue weighted by atomic mass is 79.9. The van der Waals surface area contributed by atoms with Crippen LogP contribution in [-0.2, 0) is 0 Å². The Hall–Kier alpha value is -2.02. The summed E-state index contributed by atoms with van der Waals surface area (Å²) >= 11 is 3.19. The second-order valence-corrected chi connectivity index (χ2v) is 5.01. The summed E-state index contributed by atoms with van der Waals surface area (Å²) in [4.78, 5) is 8.68. The van der Waals surface area contributed by atoms with E-state index in [4.69, 9.17) is 0 Å². The molecule has 7 heteroatoms. The van der Waals surface area contributed by atoms with E-state index in [-0.39, 0.29) is 5.82 Å². The molecule has 0 unspecified atom stereocenters. The van der Waals surface area contributed by atoms with E-state index in [1.54, 1.807) is 24.4 Å². The van der Waals surface area contributed by atoms with Crippen molar-refractivity contribution in [2.24, 2.45) is 0 Å². The summed E-state index contributed by atoms with van der Waals surface area (Å²) in [6.45, 7) is 2.62. The van der Waals surface area contributed by atoms with Gasteiger partial charge < -0.3 is 5.32 Å². The maximum absolute atomic E-state index is 14.3. The zero-order valence-corrected chi connectivity index (χ0v) is 12.2. The fourth-order valence-electron chi connectivity index (χ4n) is 1.96. The number of nitrogens with one attached hydrogen (secondary N) is 2. The van der Waals surface area contributed by atoms with Crippen LogP contribution in [0.25, 0.3) is 22.3 Å². The Morgan fingerprint density at radius 2 is 2.20 bits per heavy atom. The van der Waals surface area contributed by atoms with Crippen LogP contribution in [0.3, 0.4) is 0 Å². The number of fused-ring (bicyclic) bond motifs is 1. The lowest BCUT2D eigenvalue weighted by atomic mass is 10.1. The fraction of sp³-hybridized carbons (Fsp3) is 0.154. The number of rotatable bonds is 3. The average Bonchev–Trinajstić information content (AvgIpc) is 2.90. The maximum atomic E-state index is 14.3. The SMILES string of the molecule is CCNc1nc(-c2cccc(Br)c2F)c2cn[nH]c2n1. The van der Waals surface area contributed by atoms with Gasteiger partial charge in [-0.2, -0.15) is 10.1 Å². The Balaban J connectivity index is 2.28. The zero-order valence-electron chi connectivity index (χ0n) is 10.6. The number of halogens is 2. The summed E-state index contributed by atoms with van der Waals surface area (Å²) in [5.74, 6) is 0.0924. The first-order chi connectivity index (χ1) is 9.70. The molecule has 0 aliphatic rings. The van der Waals surface area contributed by atoms with Gasteiger partial charge in [0.25, 0.3) is 0 Å². The molecule has 2 N–H and O–H groups in total. The van der Waals surface area contributed by atoms with Gasteiger partial charge in [0.05, 0.1) is 21.7 Å². The van der Waals surface area contributed by atoms with Crippen LogP contribution in [-0.4, -0.2) is 26.7 Å². The van der Waals surface area contributed by atoms with Gasteiger partial charge in [0.1, 0.15) is 5.82 Å². The van der Waals surface area contributed by atoms with Crippen LogP contribution in [0.1, 0.15) is 6.92 Å². The normalized spacial score (nSPS) is 10.9. The van der Waals surface area contributed by atoms with E-state index < -0.39 is 0 Å². The predicted molar refractivity (Wildman–Crippen MR) is 78.9 cm³/mol. The van der Waals surface area contributed by atoms with E-state index in [1.807, 2.05) is 6.92 Å². The number of H-pyrrole nitrogens is 1. The number of nitrogens with zero attached hydrogens (tertiary/aromatic N) is 3. The molecule has 2 heterocycles. The minimum atomic E-state index is -0.351. The first-order valence-corrected chi connectivity index (χ1v) is 6.89. The summed E-state index contributed by atoms with van der Waals surface area (Å²) in [6, 6.07) is 5.10. The van der Waals surface area contributed by atoms with Gasteiger partial charge in [-0.15, -0.1) is 0 Å². The smallest absolute Gasteiger partial charge is 0.225 e. The van der Waals surface area contributed by atoms with E-state index in [0.29, 0.717) is 39.3 Å². The van der Waals surface area contributed by atoms with Crippen molar-refractivity contribution >= 4 is 32.9 Å². The number of anilines is 1. The van der Waals surface area contributed by atoms with Gasteiger partial charge in [-0.1, -0.05) is 6.07 Å². The molecular weight excluding hydrogens is 325 g/mol. The second kappa shape index (κ2) is 5.16. The Kier molecular flexibility index (Phi) is 3.35. The van der Waals surface area contributed by atoms with Crippen molar-refractivity contribution in [1.29, 1.82) is 0 Å². The largest absolute Gasteiger partial charge is 0.354 e. The minimum absolute atomic E-state index is 0.351. The number of hydrogen-bond donors (Lipinski definition) is 2. The lowest BCUT2D eigenvalue weighted by Crippen LogP contribution is -2.03. The fourth-order valence-corrected chi connectivity index (χ4v) is 2.33. The number of hydrogen-bond acceptors (Lipinski definition) is 4. The summed E-state index contributed by atoms with van der Waals surface area (Å²) in [6.07, 6.45) is 1.60. The topological polar surface area (TPSA) is 66.5 Å². The molecule has 0 bridgehead atoms. The van der Waals surface area contributed by atoms with Gasteiger partial charge in [0.15, 0.2) is 5.65 Å². The summed E-state index contributed by atoms with van der Waals surface area (Å²) < 4.78 is 14.7. The second-order valence-electron chi connectivity index (χ2n) is 4.16. The molecule has 20 heavy (non-hydrogen) atoms. The molecule has 0 radical (unpaired) electrons. The van der Waals surface area contributed by atoms with E-state index in [0.717, 1.165) is 0 Å². The molecule has 2 aromatic heterocycles. The molecular formula is C13H11BrFN5. The predicted octanol–water partition coefficient (Wildman–Crippen LogP) is 3.35. The van der Waals surface area contributed by atoms with Crippen molar-refractivity contribution in [2.75, 3.05) is 11.9 Å². The number of aromatic amines is 1. The van der Waals surface area contributed by atoms with E-state index >= 15 is 0 Å². The van der Waals surface area contributed by atoms with Crippen LogP contribution in [0.4, 0.5) is 10.3 Å². The summed E-state index contributed by atoms with van der Waals surface area (Å²) in [5, 5.41) is 10.5. The molecule has 0 aliphatic carbocycles. The third kappa shape index (κ3) is 2.14. The Morgan fingerprint density at radius 3 is 3.00 bits per heavy atom. The zero-order chi connectivity index (χ0) is 14.1. The standard InChI is InChI=1S/C13H11BrFN5/c1-2-16-13-18-11(8-6-17-20-12(8)19-13)7-4-3-5-9(14)10(7)15/h3-6H,2H2,1H3,(H2,16,17,18,19,20). The van der Waals surface area contributed by atoms with Gasteiger partial charge in [-0.25, -0.2) is 9.37 Å². The summed E-state index contributed by atoms with van der Waals surface area (Å²) in [7, 11) is 0. The maximum Gasteiger partial charge on any atom is 0.225 e. The van der Waals surface area contributed by atoms with E-state index in [2.05, 4.69) is 41.4 Å². The van der Waals surface area contributed by atoms with Gasteiger partial charge in [-0.3, -0.25) is 5.10 Å². The number of aromatic nitrogens is 4. The van der Waals surface area contributed by atoms with Crippen LogP contribution in [0.2, 0.25) is 0 Å². The molecule has 0 saturated heterocycles. The Bertz CT molecular complexity index is 771.